The summed E-state index contributed by atoms with van der Waals surface area (Å²) in [6, 6.07) is 9.80. The van der Waals surface area contributed by atoms with Gasteiger partial charge in [-0.05, 0) is 29.1 Å². The van der Waals surface area contributed by atoms with Gasteiger partial charge in [0, 0.05) is 13.0 Å². The zero-order valence-electron chi connectivity index (χ0n) is 11.1. The van der Waals surface area contributed by atoms with Crippen molar-refractivity contribution in [2.75, 3.05) is 13.2 Å². The lowest BCUT2D eigenvalue weighted by molar-refractivity contribution is 0.296. The van der Waals surface area contributed by atoms with Crippen molar-refractivity contribution in [3.8, 4) is 5.75 Å². The smallest absolute Gasteiger partial charge is 0.165 e. The van der Waals surface area contributed by atoms with Crippen molar-refractivity contribution in [2.45, 2.75) is 26.4 Å². The van der Waals surface area contributed by atoms with E-state index < -0.39 is 0 Å². The van der Waals surface area contributed by atoms with E-state index in [-0.39, 0.29) is 0 Å². The molecule has 0 aliphatic carbocycles. The highest BCUT2D eigenvalue weighted by Crippen LogP contribution is 2.08. The van der Waals surface area contributed by atoms with Crippen molar-refractivity contribution in [3.05, 3.63) is 36.2 Å². The molecule has 1 heterocycles. The Kier molecular flexibility index (Phi) is 5.31. The van der Waals surface area contributed by atoms with Crippen molar-refractivity contribution >= 4 is 0 Å². The zero-order chi connectivity index (χ0) is 13.3. The number of hydrogen-bond acceptors (Lipinski definition) is 5. The predicted molar refractivity (Wildman–Crippen MR) is 71.8 cm³/mol. The fraction of sp³-hybridized carbons (Fsp3) is 0.462. The molecule has 0 bridgehead atoms. The highest BCUT2D eigenvalue weighted by Gasteiger charge is 2.04. The lowest BCUT2D eigenvalue weighted by atomic mass is 10.3. The Morgan fingerprint density at radius 1 is 1.26 bits per heavy atom. The maximum absolute atomic E-state index is 5.63. The van der Waals surface area contributed by atoms with E-state index in [1.807, 2.05) is 35.0 Å². The van der Waals surface area contributed by atoms with Gasteiger partial charge in [-0.3, -0.25) is 0 Å². The van der Waals surface area contributed by atoms with Crippen molar-refractivity contribution in [1.82, 2.24) is 25.5 Å². The van der Waals surface area contributed by atoms with Gasteiger partial charge in [0.1, 0.15) is 5.75 Å². The minimum atomic E-state index is 0.657. The highest BCUT2D eigenvalue weighted by atomic mass is 16.5. The summed E-state index contributed by atoms with van der Waals surface area (Å²) in [6.45, 7) is 5.08. The molecule has 0 fully saturated rings. The summed E-state index contributed by atoms with van der Waals surface area (Å²) in [6.07, 6.45) is 0.874. The molecule has 0 unspecified atom stereocenters. The number of nitrogens with one attached hydrogen (secondary N) is 1. The van der Waals surface area contributed by atoms with Crippen LogP contribution in [-0.4, -0.2) is 33.4 Å². The largest absolute Gasteiger partial charge is 0.494 e. The number of aryl methyl sites for hydroxylation is 1. The molecule has 6 heteroatoms. The Morgan fingerprint density at radius 2 is 2.11 bits per heavy atom. The van der Waals surface area contributed by atoms with Gasteiger partial charge in [-0.15, -0.1) is 5.10 Å². The Morgan fingerprint density at radius 3 is 2.89 bits per heavy atom. The second-order valence-electron chi connectivity index (χ2n) is 4.11. The number of aromatic nitrogens is 4. The van der Waals surface area contributed by atoms with Crippen LogP contribution in [0, 0.1) is 0 Å². The third kappa shape index (κ3) is 4.33. The fourth-order valence-electron chi connectivity index (χ4n) is 1.68. The first kappa shape index (κ1) is 13.5. The van der Waals surface area contributed by atoms with Crippen molar-refractivity contribution in [2.24, 2.45) is 0 Å². The summed E-state index contributed by atoms with van der Waals surface area (Å²) < 4.78 is 7.44. The molecule has 6 nitrogen and oxygen atoms in total. The molecule has 0 atom stereocenters. The van der Waals surface area contributed by atoms with E-state index >= 15 is 0 Å². The quantitative estimate of drug-likeness (QED) is 0.725. The highest BCUT2D eigenvalue weighted by molar-refractivity contribution is 5.20. The Bertz CT molecular complexity index is 471. The summed E-state index contributed by atoms with van der Waals surface area (Å²) >= 11 is 0. The Balaban J connectivity index is 1.72. The molecule has 102 valence electrons. The van der Waals surface area contributed by atoms with Gasteiger partial charge in [-0.25, -0.2) is 4.68 Å². The summed E-state index contributed by atoms with van der Waals surface area (Å²) in [5, 5.41) is 14.9. The van der Waals surface area contributed by atoms with Crippen LogP contribution in [-0.2, 0) is 13.1 Å². The minimum absolute atomic E-state index is 0.657. The molecule has 0 aliphatic heterocycles. The van der Waals surface area contributed by atoms with Crippen LogP contribution in [0.2, 0.25) is 0 Å². The molecule has 2 rings (SSSR count). The van der Waals surface area contributed by atoms with Gasteiger partial charge >= 0.3 is 0 Å². The Labute approximate surface area is 112 Å². The van der Waals surface area contributed by atoms with Gasteiger partial charge in [0.25, 0.3) is 0 Å². The molecule has 2 aromatic rings. The normalized spacial score (nSPS) is 10.6. The first-order chi connectivity index (χ1) is 9.40. The van der Waals surface area contributed by atoms with Crippen molar-refractivity contribution in [3.63, 3.8) is 0 Å². The monoisotopic (exact) mass is 261 g/mol. The van der Waals surface area contributed by atoms with Crippen LogP contribution in [0.1, 0.15) is 19.2 Å². The first-order valence-electron chi connectivity index (χ1n) is 6.53. The third-order valence-corrected chi connectivity index (χ3v) is 2.67. The SMILES string of the molecule is CCNCc1nnnn1CCCOc1ccccc1. The van der Waals surface area contributed by atoms with Crippen LogP contribution in [0.15, 0.2) is 30.3 Å². The first-order valence-corrected chi connectivity index (χ1v) is 6.53. The zero-order valence-corrected chi connectivity index (χ0v) is 11.1. The van der Waals surface area contributed by atoms with Gasteiger partial charge in [0.15, 0.2) is 5.82 Å². The molecular formula is C13H19N5O. The lowest BCUT2D eigenvalue weighted by Gasteiger charge is -2.07. The van der Waals surface area contributed by atoms with E-state index in [1.54, 1.807) is 0 Å². The summed E-state index contributed by atoms with van der Waals surface area (Å²) in [5.41, 5.74) is 0. The maximum atomic E-state index is 5.63. The number of nitrogens with zero attached hydrogens (tertiary/aromatic N) is 4. The average Bonchev–Trinajstić information content (AvgIpc) is 2.90. The Hall–Kier alpha value is -1.95. The van der Waals surface area contributed by atoms with Gasteiger partial charge < -0.3 is 10.1 Å². The van der Waals surface area contributed by atoms with Crippen LogP contribution < -0.4 is 10.1 Å². The predicted octanol–water partition coefficient (Wildman–Crippen LogP) is 1.25. The molecule has 0 aliphatic rings. The molecule has 0 saturated heterocycles. The number of benzene rings is 1. The minimum Gasteiger partial charge on any atom is -0.494 e. The average molecular weight is 261 g/mol. The lowest BCUT2D eigenvalue weighted by Crippen LogP contribution is -2.17. The van der Waals surface area contributed by atoms with E-state index in [0.717, 1.165) is 31.1 Å². The standard InChI is InChI=1S/C13H19N5O/c1-2-14-11-13-15-16-17-18(13)9-6-10-19-12-7-4-3-5-8-12/h3-5,7-8,14H,2,6,9-11H2,1H3. The van der Waals surface area contributed by atoms with E-state index in [2.05, 4.69) is 27.8 Å². The fourth-order valence-corrected chi connectivity index (χ4v) is 1.68. The topological polar surface area (TPSA) is 64.9 Å². The number of hydrogen-bond donors (Lipinski definition) is 1. The second-order valence-corrected chi connectivity index (χ2v) is 4.11. The molecule has 0 saturated carbocycles. The molecule has 1 aromatic heterocycles. The maximum Gasteiger partial charge on any atom is 0.165 e. The molecule has 0 radical (unpaired) electrons. The number of para-hydroxylation sites is 1. The number of rotatable bonds is 8. The molecule has 0 amide bonds. The molecule has 19 heavy (non-hydrogen) atoms. The van der Waals surface area contributed by atoms with Crippen LogP contribution in [0.5, 0.6) is 5.75 Å². The van der Waals surface area contributed by atoms with Crippen molar-refractivity contribution < 1.29 is 4.74 Å². The van der Waals surface area contributed by atoms with E-state index in [1.165, 1.54) is 0 Å². The van der Waals surface area contributed by atoms with Crippen molar-refractivity contribution in [1.29, 1.82) is 0 Å². The van der Waals surface area contributed by atoms with Crippen LogP contribution >= 0.6 is 0 Å². The van der Waals surface area contributed by atoms with Gasteiger partial charge in [0.2, 0.25) is 0 Å². The summed E-state index contributed by atoms with van der Waals surface area (Å²) in [5.74, 6) is 1.76. The van der Waals surface area contributed by atoms with Gasteiger partial charge in [-0.1, -0.05) is 25.1 Å². The van der Waals surface area contributed by atoms with Crippen LogP contribution in [0.3, 0.4) is 0 Å². The van der Waals surface area contributed by atoms with Crippen LogP contribution in [0.4, 0.5) is 0 Å². The second kappa shape index (κ2) is 7.48. The van der Waals surface area contributed by atoms with E-state index in [9.17, 15) is 0 Å². The van der Waals surface area contributed by atoms with Crippen LogP contribution in [0.25, 0.3) is 0 Å². The molecule has 1 aromatic carbocycles. The van der Waals surface area contributed by atoms with Gasteiger partial charge in [-0.2, -0.15) is 0 Å². The summed E-state index contributed by atoms with van der Waals surface area (Å²) in [4.78, 5) is 0. The number of tetrazole rings is 1. The third-order valence-electron chi connectivity index (χ3n) is 2.67. The van der Waals surface area contributed by atoms with Gasteiger partial charge in [0.05, 0.1) is 13.2 Å². The van der Waals surface area contributed by atoms with E-state index in [4.69, 9.17) is 4.74 Å². The summed E-state index contributed by atoms with van der Waals surface area (Å²) in [7, 11) is 0. The molecular weight excluding hydrogens is 242 g/mol. The molecule has 1 N–H and O–H groups in total. The molecule has 0 spiro atoms. The van der Waals surface area contributed by atoms with E-state index in [0.29, 0.717) is 13.2 Å². The number of ether oxygens (including phenoxy) is 1.